The van der Waals surface area contributed by atoms with Crippen LogP contribution in [0.25, 0.3) is 22.7 Å². The zero-order valence-corrected chi connectivity index (χ0v) is 14.0. The number of benzene rings is 1. The smallest absolute Gasteiger partial charge is 0.248 e. The van der Waals surface area contributed by atoms with E-state index in [0.29, 0.717) is 0 Å². The fourth-order valence-electron chi connectivity index (χ4n) is 2.91. The summed E-state index contributed by atoms with van der Waals surface area (Å²) in [4.78, 5) is 18.4. The van der Waals surface area contributed by atoms with E-state index in [0.717, 1.165) is 17.3 Å². The summed E-state index contributed by atoms with van der Waals surface area (Å²) < 4.78 is 1.99. The lowest BCUT2D eigenvalue weighted by Crippen LogP contribution is -2.02. The third kappa shape index (κ3) is 4.02. The molecule has 1 N–H and O–H groups in total. The molecule has 4 heteroatoms. The van der Waals surface area contributed by atoms with Gasteiger partial charge in [-0.1, -0.05) is 32.3 Å². The molecule has 0 aliphatic rings. The SMILES string of the molecule is CCCCCC/C(=C/n1ccnc1)c1ccc2[nH]c(=O)ccc2c1. The first-order chi connectivity index (χ1) is 11.8. The Kier molecular flexibility index (Phi) is 5.26. The first kappa shape index (κ1) is 16.2. The Bertz CT molecular complexity index is 875. The Morgan fingerprint density at radius 1 is 1.21 bits per heavy atom. The highest BCUT2D eigenvalue weighted by molar-refractivity contribution is 5.85. The summed E-state index contributed by atoms with van der Waals surface area (Å²) in [6, 6.07) is 9.67. The van der Waals surface area contributed by atoms with Crippen LogP contribution in [0.1, 0.15) is 44.6 Å². The third-order valence-electron chi connectivity index (χ3n) is 4.22. The highest BCUT2D eigenvalue weighted by Gasteiger charge is 2.05. The van der Waals surface area contributed by atoms with Crippen molar-refractivity contribution in [3.8, 4) is 0 Å². The maximum Gasteiger partial charge on any atom is 0.248 e. The number of pyridine rings is 1. The number of rotatable bonds is 7. The molecule has 2 aromatic heterocycles. The lowest BCUT2D eigenvalue weighted by atomic mass is 9.98. The van der Waals surface area contributed by atoms with Crippen molar-refractivity contribution in [2.45, 2.75) is 39.0 Å². The highest BCUT2D eigenvalue weighted by Crippen LogP contribution is 2.25. The zero-order chi connectivity index (χ0) is 16.8. The maximum atomic E-state index is 11.4. The van der Waals surface area contributed by atoms with E-state index < -0.39 is 0 Å². The van der Waals surface area contributed by atoms with Crippen LogP contribution in [0.5, 0.6) is 0 Å². The van der Waals surface area contributed by atoms with E-state index in [-0.39, 0.29) is 5.56 Å². The summed E-state index contributed by atoms with van der Waals surface area (Å²) in [7, 11) is 0. The van der Waals surface area contributed by atoms with Gasteiger partial charge in [-0.2, -0.15) is 0 Å². The Labute approximate surface area is 141 Å². The van der Waals surface area contributed by atoms with Gasteiger partial charge in [-0.3, -0.25) is 4.79 Å². The maximum absolute atomic E-state index is 11.4. The lowest BCUT2D eigenvalue weighted by Gasteiger charge is -2.10. The molecule has 0 unspecified atom stereocenters. The fourth-order valence-corrected chi connectivity index (χ4v) is 2.91. The summed E-state index contributed by atoms with van der Waals surface area (Å²) in [6.45, 7) is 2.23. The van der Waals surface area contributed by atoms with Crippen molar-refractivity contribution in [2.24, 2.45) is 0 Å². The molecule has 3 aromatic rings. The lowest BCUT2D eigenvalue weighted by molar-refractivity contribution is 0.679. The fraction of sp³-hybridized carbons (Fsp3) is 0.300. The Hall–Kier alpha value is -2.62. The number of imidazole rings is 1. The van der Waals surface area contributed by atoms with E-state index in [2.05, 4.69) is 35.2 Å². The Morgan fingerprint density at radius 2 is 2.12 bits per heavy atom. The minimum Gasteiger partial charge on any atom is -0.322 e. The molecule has 1 aromatic carbocycles. The number of hydrogen-bond acceptors (Lipinski definition) is 2. The van der Waals surface area contributed by atoms with Gasteiger partial charge in [0.15, 0.2) is 0 Å². The van der Waals surface area contributed by atoms with Gasteiger partial charge in [0.25, 0.3) is 0 Å². The van der Waals surface area contributed by atoms with Crippen LogP contribution in [-0.2, 0) is 0 Å². The van der Waals surface area contributed by atoms with Crippen molar-refractivity contribution in [3.05, 3.63) is 65.0 Å². The number of unbranched alkanes of at least 4 members (excludes halogenated alkanes) is 3. The van der Waals surface area contributed by atoms with Gasteiger partial charge in [0.2, 0.25) is 5.56 Å². The molecule has 0 bridgehead atoms. The van der Waals surface area contributed by atoms with Gasteiger partial charge >= 0.3 is 0 Å². The second-order valence-corrected chi connectivity index (χ2v) is 6.10. The number of fused-ring (bicyclic) bond motifs is 1. The standard InChI is InChI=1S/C20H23N3O/c1-2-3-4-5-6-18(14-23-12-11-21-15-23)16-7-9-19-17(13-16)8-10-20(24)22-19/h7-15H,2-6H2,1H3,(H,22,24)/b18-14-. The van der Waals surface area contributed by atoms with Crippen LogP contribution in [0.15, 0.2) is 53.8 Å². The minimum absolute atomic E-state index is 0.0657. The molecular weight excluding hydrogens is 298 g/mol. The molecule has 0 saturated carbocycles. The topological polar surface area (TPSA) is 50.7 Å². The number of allylic oxidation sites excluding steroid dienone is 1. The molecule has 124 valence electrons. The Balaban J connectivity index is 1.92. The molecule has 0 saturated heterocycles. The van der Waals surface area contributed by atoms with Crippen molar-refractivity contribution in [3.63, 3.8) is 0 Å². The molecule has 24 heavy (non-hydrogen) atoms. The quantitative estimate of drug-likeness (QED) is 0.642. The molecule has 0 amide bonds. The van der Waals surface area contributed by atoms with Gasteiger partial charge in [0, 0.05) is 30.2 Å². The van der Waals surface area contributed by atoms with E-state index in [1.807, 2.05) is 29.2 Å². The summed E-state index contributed by atoms with van der Waals surface area (Å²) in [6.07, 6.45) is 13.7. The van der Waals surface area contributed by atoms with Crippen molar-refractivity contribution >= 4 is 22.7 Å². The third-order valence-corrected chi connectivity index (χ3v) is 4.22. The molecule has 0 atom stereocenters. The largest absolute Gasteiger partial charge is 0.322 e. The van der Waals surface area contributed by atoms with Crippen molar-refractivity contribution in [1.82, 2.24) is 14.5 Å². The van der Waals surface area contributed by atoms with E-state index >= 15 is 0 Å². The number of aromatic amines is 1. The van der Waals surface area contributed by atoms with Crippen LogP contribution in [0.3, 0.4) is 0 Å². The normalized spacial score (nSPS) is 12.0. The molecule has 0 spiro atoms. The average molecular weight is 321 g/mol. The van der Waals surface area contributed by atoms with Crippen molar-refractivity contribution in [2.75, 3.05) is 0 Å². The van der Waals surface area contributed by atoms with Crippen molar-refractivity contribution in [1.29, 1.82) is 0 Å². The molecule has 3 rings (SSSR count). The van der Waals surface area contributed by atoms with Gasteiger partial charge in [0.05, 0.1) is 6.33 Å². The molecule has 0 fully saturated rings. The van der Waals surface area contributed by atoms with Gasteiger partial charge < -0.3 is 9.55 Å². The second-order valence-electron chi connectivity index (χ2n) is 6.10. The van der Waals surface area contributed by atoms with Crippen LogP contribution in [0.2, 0.25) is 0 Å². The second kappa shape index (κ2) is 7.77. The first-order valence-electron chi connectivity index (χ1n) is 8.58. The monoisotopic (exact) mass is 321 g/mol. The van der Waals surface area contributed by atoms with Gasteiger partial charge in [-0.05, 0) is 47.6 Å². The first-order valence-corrected chi connectivity index (χ1v) is 8.58. The summed E-state index contributed by atoms with van der Waals surface area (Å²) in [5, 5.41) is 1.05. The van der Waals surface area contributed by atoms with Gasteiger partial charge in [-0.25, -0.2) is 4.98 Å². The summed E-state index contributed by atoms with van der Waals surface area (Å²) in [5.74, 6) is 0. The van der Waals surface area contributed by atoms with Crippen molar-refractivity contribution < 1.29 is 0 Å². The molecule has 2 heterocycles. The molecule has 0 aliphatic carbocycles. The van der Waals surface area contributed by atoms with Crippen LogP contribution >= 0.6 is 0 Å². The van der Waals surface area contributed by atoms with Gasteiger partial charge in [0.1, 0.15) is 0 Å². The Morgan fingerprint density at radius 3 is 2.92 bits per heavy atom. The summed E-state index contributed by atoms with van der Waals surface area (Å²) in [5.41, 5.74) is 3.29. The molecule has 4 nitrogen and oxygen atoms in total. The predicted octanol–water partition coefficient (Wildman–Crippen LogP) is 4.69. The van der Waals surface area contributed by atoms with Crippen LogP contribution in [0, 0.1) is 0 Å². The zero-order valence-electron chi connectivity index (χ0n) is 14.0. The van der Waals surface area contributed by atoms with Crippen LogP contribution in [-0.4, -0.2) is 14.5 Å². The van der Waals surface area contributed by atoms with E-state index in [1.54, 1.807) is 12.3 Å². The van der Waals surface area contributed by atoms with E-state index in [9.17, 15) is 4.79 Å². The molecule has 0 radical (unpaired) electrons. The van der Waals surface area contributed by atoms with Crippen LogP contribution in [0.4, 0.5) is 0 Å². The van der Waals surface area contributed by atoms with E-state index in [4.69, 9.17) is 0 Å². The highest BCUT2D eigenvalue weighted by atomic mass is 16.1. The minimum atomic E-state index is -0.0657. The predicted molar refractivity (Wildman–Crippen MR) is 99.7 cm³/mol. The number of hydrogen-bond donors (Lipinski definition) is 1. The average Bonchev–Trinajstić information content (AvgIpc) is 3.10. The number of nitrogens with one attached hydrogen (secondary N) is 1. The number of nitrogens with zero attached hydrogens (tertiary/aromatic N) is 2. The van der Waals surface area contributed by atoms with Gasteiger partial charge in [-0.15, -0.1) is 0 Å². The van der Waals surface area contributed by atoms with Crippen LogP contribution < -0.4 is 5.56 Å². The number of H-pyrrole nitrogens is 1. The summed E-state index contributed by atoms with van der Waals surface area (Å²) >= 11 is 0. The van der Waals surface area contributed by atoms with E-state index in [1.165, 1.54) is 36.8 Å². The molecular formula is C20H23N3O. The molecule has 0 aliphatic heterocycles. The number of aromatic nitrogens is 3.